The molecule has 178 valence electrons. The molecule has 0 saturated carbocycles. The summed E-state index contributed by atoms with van der Waals surface area (Å²) in [7, 11) is 0. The summed E-state index contributed by atoms with van der Waals surface area (Å²) in [5.41, 5.74) is 3.29. The van der Waals surface area contributed by atoms with E-state index in [4.69, 9.17) is 14.4 Å². The molecule has 2 N–H and O–H groups in total. The van der Waals surface area contributed by atoms with Gasteiger partial charge in [-0.1, -0.05) is 29.4 Å². The van der Waals surface area contributed by atoms with Crippen LogP contribution in [0.5, 0.6) is 0 Å². The third-order valence-electron chi connectivity index (χ3n) is 5.19. The lowest BCUT2D eigenvalue weighted by Gasteiger charge is -2.15. The minimum atomic E-state index is -0.928. The van der Waals surface area contributed by atoms with Crippen molar-refractivity contribution in [2.24, 2.45) is 0 Å². The average molecular weight is 476 g/mol. The van der Waals surface area contributed by atoms with Crippen molar-refractivity contribution < 1.29 is 28.3 Å². The normalized spacial score (nSPS) is 11.6. The largest absolute Gasteiger partial charge is 0.481 e. The standard InChI is InChI=1S/C25H21FN4O5/c1-14-23(29-25(33)34-15(2)18-5-3-4-6-19(18)26)24(35-30-14)21-10-8-17(13-28-21)20-9-7-16(12-27-20)11-22(31)32/h3-10,12-13,15H,11H2,1-2H3,(H,29,33)(H,31,32). The second-order valence-electron chi connectivity index (χ2n) is 7.72. The van der Waals surface area contributed by atoms with E-state index in [1.54, 1.807) is 62.5 Å². The highest BCUT2D eigenvalue weighted by Crippen LogP contribution is 2.31. The van der Waals surface area contributed by atoms with Gasteiger partial charge in [0.05, 0.1) is 12.1 Å². The molecule has 0 aliphatic heterocycles. The SMILES string of the molecule is Cc1noc(-c2ccc(-c3ccc(CC(=O)O)cn3)cn2)c1NC(=O)OC(C)c1ccccc1F. The van der Waals surface area contributed by atoms with Crippen LogP contribution < -0.4 is 5.32 Å². The molecule has 0 aliphatic carbocycles. The topological polar surface area (TPSA) is 127 Å². The summed E-state index contributed by atoms with van der Waals surface area (Å²) in [6.07, 6.45) is 1.37. The molecule has 1 aromatic carbocycles. The van der Waals surface area contributed by atoms with Crippen molar-refractivity contribution in [3.05, 3.63) is 83.6 Å². The second-order valence-corrected chi connectivity index (χ2v) is 7.72. The van der Waals surface area contributed by atoms with E-state index in [-0.39, 0.29) is 23.4 Å². The van der Waals surface area contributed by atoms with Crippen molar-refractivity contribution in [1.29, 1.82) is 0 Å². The van der Waals surface area contributed by atoms with E-state index in [1.165, 1.54) is 12.3 Å². The summed E-state index contributed by atoms with van der Waals surface area (Å²) < 4.78 is 24.7. The van der Waals surface area contributed by atoms with Gasteiger partial charge in [-0.3, -0.25) is 20.1 Å². The fourth-order valence-corrected chi connectivity index (χ4v) is 3.41. The van der Waals surface area contributed by atoms with Crippen LogP contribution in [0, 0.1) is 12.7 Å². The Kier molecular flexibility index (Phi) is 6.81. The molecular weight excluding hydrogens is 455 g/mol. The van der Waals surface area contributed by atoms with E-state index < -0.39 is 24.0 Å². The van der Waals surface area contributed by atoms with Gasteiger partial charge >= 0.3 is 12.1 Å². The molecule has 4 aromatic rings. The van der Waals surface area contributed by atoms with Gasteiger partial charge in [-0.15, -0.1) is 0 Å². The van der Waals surface area contributed by atoms with Crippen LogP contribution >= 0.6 is 0 Å². The van der Waals surface area contributed by atoms with Gasteiger partial charge < -0.3 is 14.4 Å². The number of carbonyl (C=O) groups is 2. The molecule has 0 bridgehead atoms. The summed E-state index contributed by atoms with van der Waals surface area (Å²) in [6.45, 7) is 3.22. The van der Waals surface area contributed by atoms with Gasteiger partial charge in [0.1, 0.15) is 29.0 Å². The summed E-state index contributed by atoms with van der Waals surface area (Å²) in [6, 6.07) is 12.9. The number of hydrogen-bond acceptors (Lipinski definition) is 7. The Labute approximate surface area is 199 Å². The zero-order valence-corrected chi connectivity index (χ0v) is 18.9. The molecule has 0 fully saturated rings. The number of nitrogens with one attached hydrogen (secondary N) is 1. The number of halogens is 1. The van der Waals surface area contributed by atoms with Crippen LogP contribution in [0.15, 0.2) is 65.4 Å². The highest BCUT2D eigenvalue weighted by Gasteiger charge is 2.21. The van der Waals surface area contributed by atoms with Crippen molar-refractivity contribution in [2.75, 3.05) is 5.32 Å². The van der Waals surface area contributed by atoms with E-state index in [0.717, 1.165) is 0 Å². The van der Waals surface area contributed by atoms with E-state index in [2.05, 4.69) is 20.4 Å². The third kappa shape index (κ3) is 5.49. The van der Waals surface area contributed by atoms with Crippen LogP contribution in [-0.4, -0.2) is 32.3 Å². The van der Waals surface area contributed by atoms with Crippen LogP contribution in [0.3, 0.4) is 0 Å². The molecule has 0 spiro atoms. The lowest BCUT2D eigenvalue weighted by atomic mass is 10.1. The fraction of sp³-hybridized carbons (Fsp3) is 0.160. The molecule has 9 nitrogen and oxygen atoms in total. The van der Waals surface area contributed by atoms with Crippen molar-refractivity contribution in [2.45, 2.75) is 26.4 Å². The smallest absolute Gasteiger partial charge is 0.412 e. The van der Waals surface area contributed by atoms with Crippen LogP contribution in [0.1, 0.15) is 29.8 Å². The van der Waals surface area contributed by atoms with Crippen molar-refractivity contribution >= 4 is 17.7 Å². The molecule has 0 aliphatic rings. The number of carboxylic acids is 1. The predicted octanol–water partition coefficient (Wildman–Crippen LogP) is 5.18. The van der Waals surface area contributed by atoms with E-state index in [9.17, 15) is 14.0 Å². The summed E-state index contributed by atoms with van der Waals surface area (Å²) in [4.78, 5) is 32.0. The molecule has 3 aromatic heterocycles. The first kappa shape index (κ1) is 23.6. The molecule has 35 heavy (non-hydrogen) atoms. The number of anilines is 1. The zero-order chi connectivity index (χ0) is 24.9. The maximum Gasteiger partial charge on any atom is 0.412 e. The minimum absolute atomic E-state index is 0.105. The van der Waals surface area contributed by atoms with Gasteiger partial charge in [0.25, 0.3) is 0 Å². The molecule has 4 rings (SSSR count). The number of aromatic nitrogens is 3. The number of carboxylic acid groups (broad SMARTS) is 1. The lowest BCUT2D eigenvalue weighted by Crippen LogP contribution is -2.17. The quantitative estimate of drug-likeness (QED) is 0.373. The number of aliphatic carboxylic acids is 1. The number of nitrogens with zero attached hydrogens (tertiary/aromatic N) is 3. The molecule has 1 amide bonds. The highest BCUT2D eigenvalue weighted by atomic mass is 19.1. The molecular formula is C25H21FN4O5. The molecule has 0 radical (unpaired) electrons. The van der Waals surface area contributed by atoms with Gasteiger partial charge in [-0.2, -0.15) is 0 Å². The van der Waals surface area contributed by atoms with Crippen LogP contribution in [0.2, 0.25) is 0 Å². The fourth-order valence-electron chi connectivity index (χ4n) is 3.41. The average Bonchev–Trinajstić information content (AvgIpc) is 3.19. The van der Waals surface area contributed by atoms with Gasteiger partial charge in [0, 0.05) is 23.5 Å². The van der Waals surface area contributed by atoms with Crippen molar-refractivity contribution in [3.8, 4) is 22.7 Å². The predicted molar refractivity (Wildman–Crippen MR) is 124 cm³/mol. The Bertz CT molecular complexity index is 1350. The maximum absolute atomic E-state index is 14.0. The van der Waals surface area contributed by atoms with Gasteiger partial charge in [-0.05, 0) is 43.7 Å². The monoisotopic (exact) mass is 476 g/mol. The minimum Gasteiger partial charge on any atom is -0.481 e. The van der Waals surface area contributed by atoms with Gasteiger partial charge in [-0.25, -0.2) is 9.18 Å². The van der Waals surface area contributed by atoms with E-state index >= 15 is 0 Å². The molecule has 3 heterocycles. The van der Waals surface area contributed by atoms with Crippen LogP contribution in [-0.2, 0) is 16.0 Å². The highest BCUT2D eigenvalue weighted by molar-refractivity contribution is 5.90. The number of aryl methyl sites for hydroxylation is 1. The summed E-state index contributed by atoms with van der Waals surface area (Å²) in [5, 5.41) is 15.4. The Morgan fingerprint density at radius 3 is 2.49 bits per heavy atom. The Morgan fingerprint density at radius 1 is 1.09 bits per heavy atom. The van der Waals surface area contributed by atoms with E-state index in [1.807, 2.05) is 0 Å². The van der Waals surface area contributed by atoms with Crippen molar-refractivity contribution in [1.82, 2.24) is 15.1 Å². The van der Waals surface area contributed by atoms with E-state index in [0.29, 0.717) is 28.2 Å². The first-order chi connectivity index (χ1) is 16.8. The molecule has 0 saturated heterocycles. The Hall–Kier alpha value is -4.60. The third-order valence-corrected chi connectivity index (χ3v) is 5.19. The number of carbonyl (C=O) groups excluding carboxylic acids is 1. The van der Waals surface area contributed by atoms with Crippen LogP contribution in [0.25, 0.3) is 22.7 Å². The lowest BCUT2D eigenvalue weighted by molar-refractivity contribution is -0.136. The van der Waals surface area contributed by atoms with Gasteiger partial charge in [0.2, 0.25) is 5.76 Å². The zero-order valence-electron chi connectivity index (χ0n) is 18.9. The number of ether oxygens (including phenoxy) is 1. The molecule has 1 unspecified atom stereocenters. The summed E-state index contributed by atoms with van der Waals surface area (Å²) in [5.74, 6) is -1.16. The number of pyridine rings is 2. The van der Waals surface area contributed by atoms with Gasteiger partial charge in [0.15, 0.2) is 0 Å². The first-order valence-electron chi connectivity index (χ1n) is 10.6. The number of hydrogen-bond donors (Lipinski definition) is 2. The first-order valence-corrected chi connectivity index (χ1v) is 10.6. The van der Waals surface area contributed by atoms with Crippen molar-refractivity contribution in [3.63, 3.8) is 0 Å². The second kappa shape index (κ2) is 10.1. The number of benzene rings is 1. The maximum atomic E-state index is 14.0. The molecule has 10 heteroatoms. The summed E-state index contributed by atoms with van der Waals surface area (Å²) >= 11 is 0. The number of amides is 1. The Balaban J connectivity index is 1.48. The number of rotatable bonds is 7. The molecule has 1 atom stereocenters. The Morgan fingerprint density at radius 2 is 1.83 bits per heavy atom. The van der Waals surface area contributed by atoms with Crippen LogP contribution in [0.4, 0.5) is 14.9 Å².